The van der Waals surface area contributed by atoms with Crippen molar-refractivity contribution in [3.8, 4) is 11.5 Å². The van der Waals surface area contributed by atoms with Crippen molar-refractivity contribution in [1.82, 2.24) is 9.97 Å². The highest BCUT2D eigenvalue weighted by Gasteiger charge is 2.08. The molecule has 4 nitrogen and oxygen atoms in total. The molecule has 1 aromatic carbocycles. The van der Waals surface area contributed by atoms with Crippen molar-refractivity contribution in [2.75, 3.05) is 0 Å². The average molecular weight is 238 g/mol. The summed E-state index contributed by atoms with van der Waals surface area (Å²) >= 11 is 0. The Balaban J connectivity index is 2.24. The van der Waals surface area contributed by atoms with E-state index >= 15 is 0 Å². The second-order valence-corrected chi connectivity index (χ2v) is 4.05. The first kappa shape index (κ1) is 10.7. The molecule has 0 fully saturated rings. The molecule has 0 unspecified atom stereocenters. The second kappa shape index (κ2) is 4.07. The van der Waals surface area contributed by atoms with E-state index in [1.165, 1.54) is 0 Å². The maximum atomic E-state index is 11.8. The van der Waals surface area contributed by atoms with Crippen LogP contribution in [0.3, 0.4) is 0 Å². The number of rotatable bonds is 1. The van der Waals surface area contributed by atoms with E-state index in [2.05, 4.69) is 9.97 Å². The molecule has 0 radical (unpaired) electrons. The monoisotopic (exact) mass is 238 g/mol. The van der Waals surface area contributed by atoms with Crippen LogP contribution in [0.25, 0.3) is 22.5 Å². The molecule has 18 heavy (non-hydrogen) atoms. The quantitative estimate of drug-likeness (QED) is 0.653. The van der Waals surface area contributed by atoms with Crippen LogP contribution in [0.2, 0.25) is 0 Å². The zero-order chi connectivity index (χ0) is 12.5. The molecule has 0 saturated heterocycles. The number of nitrogens with zero attached hydrogens (tertiary/aromatic N) is 2. The standard InChI is InChI=1S/C14H10N2O2/c1-9-4-6-10(7-5-9)13-16-12-11(14(17)18-13)3-2-8-15-12/h2-8H,1H3. The molecule has 88 valence electrons. The van der Waals surface area contributed by atoms with Gasteiger partial charge in [-0.15, -0.1) is 0 Å². The number of hydrogen-bond acceptors (Lipinski definition) is 4. The van der Waals surface area contributed by atoms with Gasteiger partial charge in [0, 0.05) is 11.8 Å². The number of benzene rings is 1. The van der Waals surface area contributed by atoms with Gasteiger partial charge in [-0.05, 0) is 31.2 Å². The van der Waals surface area contributed by atoms with Gasteiger partial charge in [-0.25, -0.2) is 9.78 Å². The number of aryl methyl sites for hydroxylation is 1. The van der Waals surface area contributed by atoms with E-state index in [0.29, 0.717) is 16.9 Å². The van der Waals surface area contributed by atoms with E-state index < -0.39 is 5.63 Å². The molecule has 0 aliphatic heterocycles. The summed E-state index contributed by atoms with van der Waals surface area (Å²) in [6.45, 7) is 2.00. The normalized spacial score (nSPS) is 10.7. The van der Waals surface area contributed by atoms with Crippen LogP contribution in [-0.2, 0) is 0 Å². The van der Waals surface area contributed by atoms with Crippen molar-refractivity contribution >= 4 is 11.0 Å². The lowest BCUT2D eigenvalue weighted by Crippen LogP contribution is -2.03. The number of pyridine rings is 1. The molecule has 0 amide bonds. The van der Waals surface area contributed by atoms with Crippen molar-refractivity contribution in [2.24, 2.45) is 0 Å². The summed E-state index contributed by atoms with van der Waals surface area (Å²) < 4.78 is 5.21. The van der Waals surface area contributed by atoms with Crippen LogP contribution in [0.5, 0.6) is 0 Å². The SMILES string of the molecule is Cc1ccc(-c2nc3ncccc3c(=O)o2)cc1. The Kier molecular flexibility index (Phi) is 2.41. The van der Waals surface area contributed by atoms with Gasteiger partial charge in [0.15, 0.2) is 5.65 Å². The maximum Gasteiger partial charge on any atom is 0.348 e. The smallest absolute Gasteiger partial charge is 0.348 e. The Hall–Kier alpha value is -2.49. The third-order valence-electron chi connectivity index (χ3n) is 2.70. The predicted molar refractivity (Wildman–Crippen MR) is 68.2 cm³/mol. The minimum absolute atomic E-state index is 0.297. The van der Waals surface area contributed by atoms with Gasteiger partial charge >= 0.3 is 5.63 Å². The van der Waals surface area contributed by atoms with Crippen molar-refractivity contribution in [1.29, 1.82) is 0 Å². The molecule has 0 aliphatic rings. The molecule has 0 aliphatic carbocycles. The van der Waals surface area contributed by atoms with Gasteiger partial charge in [-0.3, -0.25) is 0 Å². The largest absolute Gasteiger partial charge is 0.403 e. The first-order valence-corrected chi connectivity index (χ1v) is 5.57. The number of fused-ring (bicyclic) bond motifs is 1. The fourth-order valence-corrected chi connectivity index (χ4v) is 1.73. The van der Waals surface area contributed by atoms with E-state index in [-0.39, 0.29) is 0 Å². The van der Waals surface area contributed by atoms with E-state index in [1.54, 1.807) is 18.3 Å². The Bertz CT molecular complexity index is 761. The van der Waals surface area contributed by atoms with Crippen LogP contribution >= 0.6 is 0 Å². The van der Waals surface area contributed by atoms with Crippen LogP contribution in [0.1, 0.15) is 5.56 Å². The summed E-state index contributed by atoms with van der Waals surface area (Å²) in [6.07, 6.45) is 1.60. The van der Waals surface area contributed by atoms with Crippen LogP contribution in [0.4, 0.5) is 0 Å². The maximum absolute atomic E-state index is 11.8. The topological polar surface area (TPSA) is 56.0 Å². The van der Waals surface area contributed by atoms with E-state index in [0.717, 1.165) is 11.1 Å². The Morgan fingerprint density at radius 1 is 1.11 bits per heavy atom. The molecule has 2 heterocycles. The lowest BCUT2D eigenvalue weighted by Gasteiger charge is -2.01. The summed E-state index contributed by atoms with van der Waals surface area (Å²) in [7, 11) is 0. The molecule has 4 heteroatoms. The molecular formula is C14H10N2O2. The fourth-order valence-electron chi connectivity index (χ4n) is 1.73. The highest BCUT2D eigenvalue weighted by molar-refractivity contribution is 5.74. The highest BCUT2D eigenvalue weighted by atomic mass is 16.4. The molecule has 0 saturated carbocycles. The van der Waals surface area contributed by atoms with Gasteiger partial charge in [0.05, 0.1) is 0 Å². The molecule has 3 rings (SSSR count). The van der Waals surface area contributed by atoms with Gasteiger partial charge in [-0.2, -0.15) is 4.98 Å². The summed E-state index contributed by atoms with van der Waals surface area (Å²) in [5.41, 5.74) is 1.90. The Morgan fingerprint density at radius 2 is 1.89 bits per heavy atom. The highest BCUT2D eigenvalue weighted by Crippen LogP contribution is 2.17. The van der Waals surface area contributed by atoms with E-state index in [4.69, 9.17) is 4.42 Å². The van der Waals surface area contributed by atoms with Crippen LogP contribution in [0, 0.1) is 6.92 Å². The molecule has 0 atom stereocenters. The average Bonchev–Trinajstić information content (AvgIpc) is 2.39. The summed E-state index contributed by atoms with van der Waals surface area (Å²) in [4.78, 5) is 20.1. The van der Waals surface area contributed by atoms with Crippen molar-refractivity contribution in [3.05, 3.63) is 58.6 Å². The first-order valence-electron chi connectivity index (χ1n) is 5.57. The van der Waals surface area contributed by atoms with Crippen LogP contribution < -0.4 is 5.63 Å². The molecule has 0 N–H and O–H groups in total. The van der Waals surface area contributed by atoms with Crippen LogP contribution in [-0.4, -0.2) is 9.97 Å². The van der Waals surface area contributed by atoms with Gasteiger partial charge in [0.1, 0.15) is 5.39 Å². The zero-order valence-corrected chi connectivity index (χ0v) is 9.75. The van der Waals surface area contributed by atoms with Gasteiger partial charge in [0.25, 0.3) is 0 Å². The van der Waals surface area contributed by atoms with Gasteiger partial charge in [0.2, 0.25) is 5.89 Å². The minimum atomic E-state index is -0.413. The lowest BCUT2D eigenvalue weighted by molar-refractivity contribution is 0.517. The first-order chi connectivity index (χ1) is 8.74. The van der Waals surface area contributed by atoms with Crippen molar-refractivity contribution < 1.29 is 4.42 Å². The van der Waals surface area contributed by atoms with Crippen molar-refractivity contribution in [3.63, 3.8) is 0 Å². The fraction of sp³-hybridized carbons (Fsp3) is 0.0714. The zero-order valence-electron chi connectivity index (χ0n) is 9.75. The summed E-state index contributed by atoms with van der Waals surface area (Å²) in [5.74, 6) is 0.297. The molecule has 2 aromatic heterocycles. The van der Waals surface area contributed by atoms with Gasteiger partial charge < -0.3 is 4.42 Å². The predicted octanol–water partition coefficient (Wildman–Crippen LogP) is 2.56. The Labute approximate surface area is 103 Å². The van der Waals surface area contributed by atoms with Gasteiger partial charge in [-0.1, -0.05) is 17.7 Å². The third kappa shape index (κ3) is 1.78. The van der Waals surface area contributed by atoms with Crippen molar-refractivity contribution in [2.45, 2.75) is 6.92 Å². The number of hydrogen-bond donors (Lipinski definition) is 0. The molecule has 3 aromatic rings. The summed E-state index contributed by atoms with van der Waals surface area (Å²) in [5, 5.41) is 0.397. The molecule has 0 bridgehead atoms. The molecule has 0 spiro atoms. The summed E-state index contributed by atoms with van der Waals surface area (Å²) in [6, 6.07) is 11.0. The molecular weight excluding hydrogens is 228 g/mol. The van der Waals surface area contributed by atoms with Crippen LogP contribution in [0.15, 0.2) is 51.8 Å². The Morgan fingerprint density at radius 3 is 2.67 bits per heavy atom. The van der Waals surface area contributed by atoms with E-state index in [1.807, 2.05) is 31.2 Å². The second-order valence-electron chi connectivity index (χ2n) is 4.05. The lowest BCUT2D eigenvalue weighted by atomic mass is 10.1. The van der Waals surface area contributed by atoms with E-state index in [9.17, 15) is 4.79 Å². The minimum Gasteiger partial charge on any atom is -0.403 e. The number of aromatic nitrogens is 2. The third-order valence-corrected chi connectivity index (χ3v) is 2.70.